The van der Waals surface area contributed by atoms with Gasteiger partial charge >= 0.3 is 0 Å². The predicted molar refractivity (Wildman–Crippen MR) is 167 cm³/mol. The minimum Gasteiger partial charge on any atom is -0.383 e. The zero-order chi connectivity index (χ0) is 29.5. The summed E-state index contributed by atoms with van der Waals surface area (Å²) < 4.78 is 3.83. The lowest BCUT2D eigenvalue weighted by atomic mass is 10.0. The van der Waals surface area contributed by atoms with Crippen molar-refractivity contribution in [1.82, 2.24) is 39.5 Å². The average molecular weight is 574 g/mol. The lowest BCUT2D eigenvalue weighted by molar-refractivity contribution is -0.127. The number of fused-ring (bicyclic) bond motifs is 2. The highest BCUT2D eigenvalue weighted by Gasteiger charge is 2.29. The van der Waals surface area contributed by atoms with Gasteiger partial charge in [0.25, 0.3) is 0 Å². The van der Waals surface area contributed by atoms with Crippen molar-refractivity contribution in [3.63, 3.8) is 0 Å². The van der Waals surface area contributed by atoms with E-state index in [1.807, 2.05) is 55.3 Å². The SMILES string of the molecule is CC(C)=CC(=O)N1CCC(N[C@H]2CCc3cc(-n4c(-c5cccnc5N)nc5ccc(-n6cccn6)nc54)ccc32)CC1. The molecule has 1 fully saturated rings. The van der Waals surface area contributed by atoms with Gasteiger partial charge in [-0.3, -0.25) is 9.36 Å². The Morgan fingerprint density at radius 3 is 2.65 bits per heavy atom. The Morgan fingerprint density at radius 2 is 1.88 bits per heavy atom. The number of hydrogen-bond donors (Lipinski definition) is 2. The Kier molecular flexibility index (Phi) is 6.98. The van der Waals surface area contributed by atoms with Crippen LogP contribution in [0.15, 0.2) is 78.8 Å². The zero-order valence-electron chi connectivity index (χ0n) is 24.4. The van der Waals surface area contributed by atoms with Crippen LogP contribution in [0.2, 0.25) is 0 Å². The number of carbonyl (C=O) groups is 1. The molecule has 43 heavy (non-hydrogen) atoms. The highest BCUT2D eigenvalue weighted by molar-refractivity contribution is 5.88. The molecular formula is C33H35N9O. The van der Waals surface area contributed by atoms with Crippen molar-refractivity contribution in [2.24, 2.45) is 0 Å². The lowest BCUT2D eigenvalue weighted by Gasteiger charge is -2.33. The van der Waals surface area contributed by atoms with Crippen LogP contribution in [0.3, 0.4) is 0 Å². The normalized spacial score (nSPS) is 16.9. The van der Waals surface area contributed by atoms with Crippen LogP contribution in [0.1, 0.15) is 50.3 Å². The number of anilines is 1. The number of imidazole rings is 1. The fourth-order valence-electron chi connectivity index (χ4n) is 6.32. The number of aromatic nitrogens is 6. The van der Waals surface area contributed by atoms with E-state index in [1.54, 1.807) is 23.2 Å². The van der Waals surface area contributed by atoms with E-state index in [4.69, 9.17) is 15.7 Å². The van der Waals surface area contributed by atoms with Crippen LogP contribution in [0.4, 0.5) is 5.82 Å². The fraction of sp³-hybridized carbons (Fsp3) is 0.303. The first-order valence-electron chi connectivity index (χ1n) is 14.9. The van der Waals surface area contributed by atoms with Crippen LogP contribution in [-0.2, 0) is 11.2 Å². The Hall–Kier alpha value is -4.83. The number of carbonyl (C=O) groups excluding carboxylic acids is 1. The number of allylic oxidation sites excluding steroid dienone is 1. The van der Waals surface area contributed by atoms with Gasteiger partial charge in [0, 0.05) is 55.5 Å². The number of hydrogen-bond acceptors (Lipinski definition) is 7. The van der Waals surface area contributed by atoms with Crippen molar-refractivity contribution in [3.05, 3.63) is 89.9 Å². The first kappa shape index (κ1) is 27.0. The summed E-state index contributed by atoms with van der Waals surface area (Å²) in [6.07, 6.45) is 11.0. The van der Waals surface area contributed by atoms with Crippen LogP contribution < -0.4 is 11.1 Å². The highest BCUT2D eigenvalue weighted by Crippen LogP contribution is 2.36. The molecule has 1 atom stereocenters. The van der Waals surface area contributed by atoms with Crippen molar-refractivity contribution >= 4 is 22.9 Å². The average Bonchev–Trinajstić information content (AvgIpc) is 3.76. The largest absolute Gasteiger partial charge is 0.383 e. The standard InChI is InChI=1S/C33H35N9O/c1-21(2)19-30(43)40-17-12-23(13-18-40)37-27-9-6-22-20-24(7-8-25(22)27)42-32(26-5-3-14-35-31(26)34)38-28-10-11-29(39-33(28)42)41-16-4-15-36-41/h3-5,7-8,10-11,14-16,19-20,23,27,37H,6,9,12-13,17-18H2,1-2H3,(H2,34,35)/t27-/m0/s1. The quantitative estimate of drug-likeness (QED) is 0.281. The molecule has 218 valence electrons. The van der Waals surface area contributed by atoms with Crippen molar-refractivity contribution in [1.29, 1.82) is 0 Å². The van der Waals surface area contributed by atoms with Gasteiger partial charge in [0.15, 0.2) is 17.3 Å². The van der Waals surface area contributed by atoms with E-state index < -0.39 is 0 Å². The number of likely N-dealkylation sites (tertiary alicyclic amines) is 1. The van der Waals surface area contributed by atoms with E-state index in [-0.39, 0.29) is 5.91 Å². The number of benzene rings is 1. The molecule has 10 heteroatoms. The van der Waals surface area contributed by atoms with E-state index >= 15 is 0 Å². The number of piperidine rings is 1. The van der Waals surface area contributed by atoms with Crippen LogP contribution in [-0.4, -0.2) is 59.2 Å². The van der Waals surface area contributed by atoms with Crippen LogP contribution in [0, 0.1) is 0 Å². The Balaban J connectivity index is 1.19. The summed E-state index contributed by atoms with van der Waals surface area (Å²) in [5, 5.41) is 8.27. The predicted octanol–water partition coefficient (Wildman–Crippen LogP) is 4.78. The van der Waals surface area contributed by atoms with E-state index in [0.29, 0.717) is 29.5 Å². The molecule has 1 aliphatic carbocycles. The number of aryl methyl sites for hydroxylation is 1. The lowest BCUT2D eigenvalue weighted by Crippen LogP contribution is -2.45. The van der Waals surface area contributed by atoms with Gasteiger partial charge in [-0.15, -0.1) is 0 Å². The molecular weight excluding hydrogens is 538 g/mol. The van der Waals surface area contributed by atoms with Crippen molar-refractivity contribution in [2.75, 3.05) is 18.8 Å². The third kappa shape index (κ3) is 5.18. The zero-order valence-corrected chi connectivity index (χ0v) is 24.4. The maximum atomic E-state index is 12.4. The second-order valence-corrected chi connectivity index (χ2v) is 11.6. The third-order valence-electron chi connectivity index (χ3n) is 8.43. The number of amides is 1. The highest BCUT2D eigenvalue weighted by atomic mass is 16.2. The number of pyridine rings is 2. The van der Waals surface area contributed by atoms with Gasteiger partial charge in [0.2, 0.25) is 5.91 Å². The smallest absolute Gasteiger partial charge is 0.246 e. The molecule has 0 unspecified atom stereocenters. The van der Waals surface area contributed by atoms with E-state index in [1.165, 1.54) is 11.1 Å². The second kappa shape index (κ2) is 11.1. The van der Waals surface area contributed by atoms with Crippen LogP contribution in [0.25, 0.3) is 34.1 Å². The maximum absolute atomic E-state index is 12.4. The maximum Gasteiger partial charge on any atom is 0.246 e. The summed E-state index contributed by atoms with van der Waals surface area (Å²) in [6, 6.07) is 16.9. The van der Waals surface area contributed by atoms with E-state index in [0.717, 1.165) is 66.8 Å². The van der Waals surface area contributed by atoms with Gasteiger partial charge in [-0.2, -0.15) is 5.10 Å². The third-order valence-corrected chi connectivity index (χ3v) is 8.43. The molecule has 0 radical (unpaired) electrons. The van der Waals surface area contributed by atoms with E-state index in [9.17, 15) is 4.79 Å². The molecule has 5 heterocycles. The molecule has 1 saturated heterocycles. The molecule has 0 spiro atoms. The summed E-state index contributed by atoms with van der Waals surface area (Å²) in [5.74, 6) is 1.96. The molecule has 10 nitrogen and oxygen atoms in total. The summed E-state index contributed by atoms with van der Waals surface area (Å²) in [7, 11) is 0. The Morgan fingerprint density at radius 1 is 1.02 bits per heavy atom. The van der Waals surface area contributed by atoms with Crippen molar-refractivity contribution < 1.29 is 4.79 Å². The Bertz CT molecular complexity index is 1830. The van der Waals surface area contributed by atoms with Crippen molar-refractivity contribution in [2.45, 2.75) is 51.6 Å². The molecule has 7 rings (SSSR count). The number of nitrogens with zero attached hydrogens (tertiary/aromatic N) is 7. The molecule has 0 bridgehead atoms. The number of nitrogen functional groups attached to an aromatic ring is 1. The first-order chi connectivity index (χ1) is 20.9. The summed E-state index contributed by atoms with van der Waals surface area (Å²) in [6.45, 7) is 5.52. The molecule has 0 saturated carbocycles. The molecule has 3 N–H and O–H groups in total. The topological polar surface area (TPSA) is 120 Å². The second-order valence-electron chi connectivity index (χ2n) is 11.6. The Labute approximate surface area is 250 Å². The number of nitrogens with one attached hydrogen (secondary N) is 1. The molecule has 1 aliphatic heterocycles. The first-order valence-corrected chi connectivity index (χ1v) is 14.9. The molecule has 2 aliphatic rings. The van der Waals surface area contributed by atoms with Gasteiger partial charge < -0.3 is 16.0 Å². The molecule has 1 amide bonds. The minimum absolute atomic E-state index is 0.128. The van der Waals surface area contributed by atoms with Crippen LogP contribution >= 0.6 is 0 Å². The van der Waals surface area contributed by atoms with E-state index in [2.05, 4.69) is 38.2 Å². The number of rotatable bonds is 6. The van der Waals surface area contributed by atoms with Gasteiger partial charge in [-0.25, -0.2) is 19.6 Å². The molecule has 4 aromatic heterocycles. The monoisotopic (exact) mass is 573 g/mol. The summed E-state index contributed by atoms with van der Waals surface area (Å²) in [5.41, 5.74) is 13.3. The van der Waals surface area contributed by atoms with Gasteiger partial charge in [0.1, 0.15) is 11.3 Å². The van der Waals surface area contributed by atoms with Crippen molar-refractivity contribution in [3.8, 4) is 22.9 Å². The van der Waals surface area contributed by atoms with Crippen LogP contribution in [0.5, 0.6) is 0 Å². The minimum atomic E-state index is 0.128. The fourth-order valence-corrected chi connectivity index (χ4v) is 6.32. The molecule has 5 aromatic rings. The van der Waals surface area contributed by atoms with Gasteiger partial charge in [-0.05, 0) is 93.1 Å². The van der Waals surface area contributed by atoms with Gasteiger partial charge in [0.05, 0.1) is 5.56 Å². The van der Waals surface area contributed by atoms with Gasteiger partial charge in [-0.1, -0.05) is 11.6 Å². The summed E-state index contributed by atoms with van der Waals surface area (Å²) in [4.78, 5) is 28.7. The molecule has 1 aromatic carbocycles. The number of nitrogens with two attached hydrogens (primary N) is 1. The summed E-state index contributed by atoms with van der Waals surface area (Å²) >= 11 is 0.